The van der Waals surface area contributed by atoms with E-state index in [0.717, 1.165) is 77.3 Å². The predicted octanol–water partition coefficient (Wildman–Crippen LogP) is 9.70. The smallest absolute Gasteiger partial charge is 0.146 e. The third-order valence-corrected chi connectivity index (χ3v) is 7.87. The molecule has 190 valence electrons. The van der Waals surface area contributed by atoms with E-state index in [9.17, 15) is 0 Å². The van der Waals surface area contributed by atoms with Gasteiger partial charge in [-0.05, 0) is 49.4 Å². The Morgan fingerprint density at radius 3 is 2.23 bits per heavy atom. The molecule has 0 saturated heterocycles. The molecule has 8 aromatic rings. The van der Waals surface area contributed by atoms with Crippen LogP contribution in [-0.4, -0.2) is 14.1 Å². The summed E-state index contributed by atoms with van der Waals surface area (Å²) in [5.41, 5.74) is 9.31. The first-order valence-electron chi connectivity index (χ1n) is 13.5. The summed E-state index contributed by atoms with van der Waals surface area (Å²) in [6.45, 7) is 6.36. The van der Waals surface area contributed by atoms with E-state index in [1.165, 1.54) is 0 Å². The monoisotopic (exact) mass is 515 g/mol. The second-order valence-corrected chi connectivity index (χ2v) is 9.99. The number of allylic oxidation sites excluding steroid dienone is 1. The number of benzene rings is 4. The maximum absolute atomic E-state index is 6.76. The van der Waals surface area contributed by atoms with Gasteiger partial charge in [0.1, 0.15) is 11.2 Å². The molecule has 0 fully saturated rings. The molecular weight excluding hydrogens is 490 g/mol. The largest absolute Gasteiger partial charge is 0.455 e. The van der Waals surface area contributed by atoms with E-state index in [1.807, 2.05) is 30.6 Å². The molecule has 4 nitrogen and oxygen atoms in total. The number of fused-ring (bicyclic) bond motifs is 10. The fourth-order valence-corrected chi connectivity index (χ4v) is 6.38. The lowest BCUT2D eigenvalue weighted by Crippen LogP contribution is -2.00. The Bertz CT molecular complexity index is 2280. The fraction of sp³-hybridized carbons (Fsp3) is 0.0278. The van der Waals surface area contributed by atoms with Gasteiger partial charge in [-0.3, -0.25) is 4.98 Å². The summed E-state index contributed by atoms with van der Waals surface area (Å²) >= 11 is 0. The van der Waals surface area contributed by atoms with E-state index in [1.54, 1.807) is 0 Å². The summed E-state index contributed by atoms with van der Waals surface area (Å²) in [6, 6.07) is 31.6. The van der Waals surface area contributed by atoms with Gasteiger partial charge >= 0.3 is 0 Å². The highest BCUT2D eigenvalue weighted by Gasteiger charge is 2.28. The summed E-state index contributed by atoms with van der Waals surface area (Å²) in [7, 11) is 0. The summed E-state index contributed by atoms with van der Waals surface area (Å²) in [4.78, 5) is 4.51. The Kier molecular flexibility index (Phi) is 4.85. The highest BCUT2D eigenvalue weighted by atomic mass is 16.3. The number of furan rings is 1. The van der Waals surface area contributed by atoms with Crippen LogP contribution in [0.4, 0.5) is 0 Å². The molecule has 0 radical (unpaired) electrons. The number of nitrogens with zero attached hydrogens (tertiary/aromatic N) is 3. The quantitative estimate of drug-likeness (QED) is 0.234. The first kappa shape index (κ1) is 22.6. The van der Waals surface area contributed by atoms with Gasteiger partial charge in [0.05, 0.1) is 39.5 Å². The van der Waals surface area contributed by atoms with E-state index in [-0.39, 0.29) is 0 Å². The molecule has 0 amide bonds. The van der Waals surface area contributed by atoms with Crippen molar-refractivity contribution in [3.63, 3.8) is 0 Å². The van der Waals surface area contributed by atoms with Crippen LogP contribution in [-0.2, 0) is 0 Å². The molecule has 4 aromatic heterocycles. The van der Waals surface area contributed by atoms with Gasteiger partial charge in [0.25, 0.3) is 0 Å². The van der Waals surface area contributed by atoms with Crippen molar-refractivity contribution in [3.05, 3.63) is 127 Å². The van der Waals surface area contributed by atoms with Crippen molar-refractivity contribution in [1.82, 2.24) is 14.1 Å². The van der Waals surface area contributed by atoms with Gasteiger partial charge in [0.15, 0.2) is 0 Å². The van der Waals surface area contributed by atoms with E-state index in [0.29, 0.717) is 0 Å². The van der Waals surface area contributed by atoms with Crippen molar-refractivity contribution < 1.29 is 4.42 Å². The van der Waals surface area contributed by atoms with Crippen LogP contribution in [0, 0.1) is 0 Å². The highest BCUT2D eigenvalue weighted by Crippen LogP contribution is 2.49. The highest BCUT2D eigenvalue weighted by molar-refractivity contribution is 6.36. The summed E-state index contributed by atoms with van der Waals surface area (Å²) in [6.07, 6.45) is 9.98. The molecule has 0 saturated carbocycles. The Labute approximate surface area is 230 Å². The summed E-state index contributed by atoms with van der Waals surface area (Å²) in [5.74, 6) is 0. The van der Waals surface area contributed by atoms with Crippen molar-refractivity contribution in [2.75, 3.05) is 0 Å². The van der Waals surface area contributed by atoms with Gasteiger partial charge in [-0.25, -0.2) is 0 Å². The molecule has 0 aliphatic rings. The second kappa shape index (κ2) is 8.58. The lowest BCUT2D eigenvalue weighted by Gasteiger charge is -2.13. The van der Waals surface area contributed by atoms with Gasteiger partial charge < -0.3 is 13.6 Å². The first-order valence-corrected chi connectivity index (χ1v) is 13.5. The van der Waals surface area contributed by atoms with Crippen molar-refractivity contribution in [3.8, 4) is 11.4 Å². The molecule has 0 unspecified atom stereocenters. The normalized spacial score (nSPS) is 12.1. The minimum Gasteiger partial charge on any atom is -0.455 e. The predicted molar refractivity (Wildman–Crippen MR) is 167 cm³/mol. The van der Waals surface area contributed by atoms with Crippen molar-refractivity contribution in [2.45, 2.75) is 6.92 Å². The standard InChI is InChI=1S/C36H25N3O/c1-3-13-28-25(4-2)31-32-27-18-9-11-20-30(27)40-36(32)33-26-17-8-10-19-29(26)38(23-14-6-5-7-15-23)35(33)34(31)39(28)24-16-12-21-37-22-24/h3-22H,2H2,1H3/b13-3-. The maximum Gasteiger partial charge on any atom is 0.146 e. The average Bonchev–Trinajstić information content (AvgIpc) is 3.65. The van der Waals surface area contributed by atoms with Gasteiger partial charge in [-0.1, -0.05) is 73.3 Å². The molecule has 4 heterocycles. The molecule has 0 N–H and O–H groups in total. The van der Waals surface area contributed by atoms with Gasteiger partial charge in [-0.2, -0.15) is 0 Å². The van der Waals surface area contributed by atoms with Crippen LogP contribution in [0.25, 0.3) is 78.2 Å². The Morgan fingerprint density at radius 2 is 1.45 bits per heavy atom. The Balaban J connectivity index is 1.80. The zero-order valence-electron chi connectivity index (χ0n) is 22.0. The lowest BCUT2D eigenvalue weighted by molar-refractivity contribution is 0.673. The van der Waals surface area contributed by atoms with Crippen LogP contribution >= 0.6 is 0 Å². The first-order chi connectivity index (χ1) is 19.8. The molecule has 8 rings (SSSR count). The molecule has 4 aromatic carbocycles. The maximum atomic E-state index is 6.76. The van der Waals surface area contributed by atoms with Crippen LogP contribution < -0.4 is 0 Å². The molecule has 0 bridgehead atoms. The Hall–Kier alpha value is -5.35. The van der Waals surface area contributed by atoms with E-state index in [4.69, 9.17) is 4.42 Å². The number of hydrogen-bond donors (Lipinski definition) is 0. The van der Waals surface area contributed by atoms with E-state index < -0.39 is 0 Å². The third kappa shape index (κ3) is 2.93. The molecule has 0 atom stereocenters. The Morgan fingerprint density at radius 1 is 0.725 bits per heavy atom. The second-order valence-electron chi connectivity index (χ2n) is 9.99. The van der Waals surface area contributed by atoms with Gasteiger partial charge in [0, 0.05) is 39.0 Å². The molecule has 0 aliphatic heterocycles. The topological polar surface area (TPSA) is 35.9 Å². The van der Waals surface area contributed by atoms with Crippen LogP contribution in [0.2, 0.25) is 0 Å². The van der Waals surface area contributed by atoms with Crippen LogP contribution in [0.3, 0.4) is 0 Å². The zero-order chi connectivity index (χ0) is 26.8. The lowest BCUT2D eigenvalue weighted by atomic mass is 10.0. The number of rotatable bonds is 4. The summed E-state index contributed by atoms with van der Waals surface area (Å²) in [5, 5.41) is 5.58. The average molecular weight is 516 g/mol. The van der Waals surface area contributed by atoms with E-state index >= 15 is 0 Å². The fourth-order valence-electron chi connectivity index (χ4n) is 6.38. The number of pyridine rings is 1. The van der Waals surface area contributed by atoms with Crippen molar-refractivity contribution in [2.24, 2.45) is 0 Å². The van der Waals surface area contributed by atoms with Crippen LogP contribution in [0.15, 0.2) is 120 Å². The number of aromatic nitrogens is 3. The van der Waals surface area contributed by atoms with Gasteiger partial charge in [-0.15, -0.1) is 0 Å². The van der Waals surface area contributed by atoms with Crippen molar-refractivity contribution >= 4 is 66.8 Å². The molecule has 4 heteroatoms. The minimum absolute atomic E-state index is 0.875. The minimum atomic E-state index is 0.875. The third-order valence-electron chi connectivity index (χ3n) is 7.87. The summed E-state index contributed by atoms with van der Waals surface area (Å²) < 4.78 is 11.5. The number of para-hydroxylation sites is 3. The van der Waals surface area contributed by atoms with Crippen LogP contribution in [0.5, 0.6) is 0 Å². The van der Waals surface area contributed by atoms with Crippen molar-refractivity contribution in [1.29, 1.82) is 0 Å². The van der Waals surface area contributed by atoms with Gasteiger partial charge in [0.2, 0.25) is 0 Å². The molecular formula is C36H25N3O. The molecule has 40 heavy (non-hydrogen) atoms. The van der Waals surface area contributed by atoms with E-state index in [2.05, 4.69) is 119 Å². The zero-order valence-corrected chi connectivity index (χ0v) is 22.0. The molecule has 0 aliphatic carbocycles. The number of hydrogen-bond acceptors (Lipinski definition) is 2. The molecule has 0 spiro atoms. The SMILES string of the molecule is C=Cc1c(/C=C\C)n(-c2cccnc2)c2c1c1c3ccccc3oc1c1c3ccccc3n(-c3ccccc3)c12. The van der Waals surface area contributed by atoms with Crippen LogP contribution in [0.1, 0.15) is 18.2 Å².